The molecule has 1 saturated heterocycles. The molecule has 14 heavy (non-hydrogen) atoms. The Morgan fingerprint density at radius 1 is 1.71 bits per heavy atom. The van der Waals surface area contributed by atoms with E-state index in [-0.39, 0.29) is 6.04 Å². The van der Waals surface area contributed by atoms with Crippen molar-refractivity contribution in [2.45, 2.75) is 13.0 Å². The highest BCUT2D eigenvalue weighted by molar-refractivity contribution is 7.09. The lowest BCUT2D eigenvalue weighted by atomic mass is 10.2. The highest BCUT2D eigenvalue weighted by Gasteiger charge is 2.23. The standard InChI is InChI=1S/C9H11N3OS/c1-3-8-6-13-5-4-12(8)9-10-7(2)11-14-9/h1,8H,4-6H2,2H3/t8-/m1/s1. The molecule has 4 nitrogen and oxygen atoms in total. The van der Waals surface area contributed by atoms with Gasteiger partial charge in [0.15, 0.2) is 0 Å². The SMILES string of the molecule is C#C[C@@H]1COCCN1c1nc(C)ns1. The summed E-state index contributed by atoms with van der Waals surface area (Å²) in [5.74, 6) is 3.50. The maximum absolute atomic E-state index is 5.42. The molecule has 1 fully saturated rings. The van der Waals surface area contributed by atoms with E-state index in [1.807, 2.05) is 6.92 Å². The fourth-order valence-electron chi connectivity index (χ4n) is 1.37. The number of anilines is 1. The van der Waals surface area contributed by atoms with E-state index in [2.05, 4.69) is 20.2 Å². The van der Waals surface area contributed by atoms with E-state index in [1.54, 1.807) is 0 Å². The molecule has 1 aromatic heterocycles. The molecular formula is C9H11N3OS. The summed E-state index contributed by atoms with van der Waals surface area (Å²) >= 11 is 1.39. The summed E-state index contributed by atoms with van der Waals surface area (Å²) in [7, 11) is 0. The molecule has 1 aromatic rings. The van der Waals surface area contributed by atoms with Crippen LogP contribution in [0.5, 0.6) is 0 Å². The summed E-state index contributed by atoms with van der Waals surface area (Å²) in [5, 5.41) is 0.897. The van der Waals surface area contributed by atoms with Gasteiger partial charge in [0.05, 0.1) is 13.2 Å². The Labute approximate surface area is 87.1 Å². The maximum atomic E-state index is 5.42. The van der Waals surface area contributed by atoms with Gasteiger partial charge >= 0.3 is 0 Å². The number of nitrogens with zero attached hydrogens (tertiary/aromatic N) is 3. The highest BCUT2D eigenvalue weighted by Crippen LogP contribution is 2.21. The molecule has 0 amide bonds. The van der Waals surface area contributed by atoms with E-state index < -0.39 is 0 Å². The number of morpholine rings is 1. The smallest absolute Gasteiger partial charge is 0.206 e. The van der Waals surface area contributed by atoms with Crippen LogP contribution in [-0.4, -0.2) is 35.2 Å². The molecule has 5 heteroatoms. The van der Waals surface area contributed by atoms with Crippen molar-refractivity contribution >= 4 is 16.7 Å². The Morgan fingerprint density at radius 3 is 3.21 bits per heavy atom. The summed E-state index contributed by atoms with van der Waals surface area (Å²) in [6.45, 7) is 3.96. The number of rotatable bonds is 1. The minimum absolute atomic E-state index is 0.00361. The van der Waals surface area contributed by atoms with Crippen LogP contribution >= 0.6 is 11.5 Å². The average molecular weight is 209 g/mol. The quantitative estimate of drug-likeness (QED) is 0.638. The lowest BCUT2D eigenvalue weighted by Crippen LogP contribution is -2.44. The molecule has 0 bridgehead atoms. The van der Waals surface area contributed by atoms with Gasteiger partial charge in [0.2, 0.25) is 5.13 Å². The van der Waals surface area contributed by atoms with Crippen LogP contribution in [0.1, 0.15) is 5.82 Å². The zero-order valence-corrected chi connectivity index (χ0v) is 8.75. The van der Waals surface area contributed by atoms with E-state index in [4.69, 9.17) is 11.2 Å². The first kappa shape index (κ1) is 9.44. The molecule has 0 unspecified atom stereocenters. The Morgan fingerprint density at radius 2 is 2.57 bits per heavy atom. The summed E-state index contributed by atoms with van der Waals surface area (Å²) in [6, 6.07) is -0.00361. The third-order valence-corrected chi connectivity index (χ3v) is 2.93. The lowest BCUT2D eigenvalue weighted by Gasteiger charge is -2.31. The van der Waals surface area contributed by atoms with E-state index in [9.17, 15) is 0 Å². The van der Waals surface area contributed by atoms with Crippen LogP contribution in [0.4, 0.5) is 5.13 Å². The molecule has 0 saturated carbocycles. The van der Waals surface area contributed by atoms with E-state index in [1.165, 1.54) is 11.5 Å². The summed E-state index contributed by atoms with van der Waals surface area (Å²) < 4.78 is 9.44. The second-order valence-corrected chi connectivity index (χ2v) is 3.81. The van der Waals surface area contributed by atoms with Gasteiger partial charge in [-0.15, -0.1) is 6.42 Å². The van der Waals surface area contributed by atoms with Gasteiger partial charge in [-0.2, -0.15) is 4.37 Å². The van der Waals surface area contributed by atoms with Crippen molar-refractivity contribution in [3.63, 3.8) is 0 Å². The first-order valence-electron chi connectivity index (χ1n) is 4.42. The van der Waals surface area contributed by atoms with Gasteiger partial charge in [0.1, 0.15) is 11.9 Å². The fraction of sp³-hybridized carbons (Fsp3) is 0.556. The van der Waals surface area contributed by atoms with Crippen LogP contribution in [0.2, 0.25) is 0 Å². The molecular weight excluding hydrogens is 198 g/mol. The molecule has 0 aliphatic carbocycles. The van der Waals surface area contributed by atoms with Crippen molar-refractivity contribution in [2.24, 2.45) is 0 Å². The summed E-state index contributed by atoms with van der Waals surface area (Å²) in [5.41, 5.74) is 0. The van der Waals surface area contributed by atoms with Crippen LogP contribution in [0.25, 0.3) is 0 Å². The Kier molecular flexibility index (Phi) is 2.66. The van der Waals surface area contributed by atoms with E-state index in [0.29, 0.717) is 13.2 Å². The highest BCUT2D eigenvalue weighted by atomic mass is 32.1. The van der Waals surface area contributed by atoms with Crippen molar-refractivity contribution < 1.29 is 4.74 Å². The number of hydrogen-bond acceptors (Lipinski definition) is 5. The fourth-order valence-corrected chi connectivity index (χ4v) is 2.12. The van der Waals surface area contributed by atoms with Crippen LogP contribution in [-0.2, 0) is 4.74 Å². The zero-order chi connectivity index (χ0) is 9.97. The lowest BCUT2D eigenvalue weighted by molar-refractivity contribution is 0.108. The number of ether oxygens (including phenoxy) is 1. The van der Waals surface area contributed by atoms with Crippen molar-refractivity contribution in [2.75, 3.05) is 24.7 Å². The van der Waals surface area contributed by atoms with Crippen LogP contribution in [0, 0.1) is 19.3 Å². The Balaban J connectivity index is 2.19. The summed E-state index contributed by atoms with van der Waals surface area (Å²) in [4.78, 5) is 6.39. The number of hydrogen-bond donors (Lipinski definition) is 0. The molecule has 0 radical (unpaired) electrons. The van der Waals surface area contributed by atoms with Crippen molar-refractivity contribution in [3.8, 4) is 12.3 Å². The van der Waals surface area contributed by atoms with Gasteiger partial charge < -0.3 is 9.64 Å². The molecule has 1 aliphatic heterocycles. The number of aryl methyl sites for hydroxylation is 1. The topological polar surface area (TPSA) is 38.2 Å². The molecule has 0 aromatic carbocycles. The van der Waals surface area contributed by atoms with Gasteiger partial charge in [0, 0.05) is 18.1 Å². The first-order valence-corrected chi connectivity index (χ1v) is 5.19. The van der Waals surface area contributed by atoms with Crippen molar-refractivity contribution in [1.29, 1.82) is 0 Å². The third-order valence-electron chi connectivity index (χ3n) is 2.08. The minimum atomic E-state index is -0.00361. The largest absolute Gasteiger partial charge is 0.376 e. The summed E-state index contributed by atoms with van der Waals surface area (Å²) in [6.07, 6.45) is 5.42. The normalized spacial score (nSPS) is 22.0. The number of aromatic nitrogens is 2. The van der Waals surface area contributed by atoms with Gasteiger partial charge in [-0.1, -0.05) is 5.92 Å². The van der Waals surface area contributed by atoms with E-state index >= 15 is 0 Å². The molecule has 74 valence electrons. The Bertz CT molecular complexity index is 357. The van der Waals surface area contributed by atoms with Crippen molar-refractivity contribution in [3.05, 3.63) is 5.82 Å². The third kappa shape index (κ3) is 1.72. The molecule has 1 aliphatic rings. The van der Waals surface area contributed by atoms with Crippen molar-refractivity contribution in [1.82, 2.24) is 9.36 Å². The monoisotopic (exact) mass is 209 g/mol. The molecule has 0 spiro atoms. The maximum Gasteiger partial charge on any atom is 0.206 e. The Hall–Kier alpha value is -1.12. The average Bonchev–Trinajstić information content (AvgIpc) is 2.65. The van der Waals surface area contributed by atoms with Gasteiger partial charge in [-0.25, -0.2) is 4.98 Å². The van der Waals surface area contributed by atoms with Gasteiger partial charge in [-0.3, -0.25) is 0 Å². The zero-order valence-electron chi connectivity index (χ0n) is 7.93. The number of terminal acetylenes is 1. The minimum Gasteiger partial charge on any atom is -0.376 e. The van der Waals surface area contributed by atoms with Gasteiger partial charge in [0.25, 0.3) is 0 Å². The van der Waals surface area contributed by atoms with Crippen LogP contribution in [0.3, 0.4) is 0 Å². The van der Waals surface area contributed by atoms with E-state index in [0.717, 1.165) is 17.5 Å². The first-order chi connectivity index (χ1) is 6.81. The second-order valence-electron chi connectivity index (χ2n) is 3.07. The molecule has 2 rings (SSSR count). The second kappa shape index (κ2) is 3.95. The predicted octanol–water partition coefficient (Wildman–Crippen LogP) is 0.685. The van der Waals surface area contributed by atoms with Gasteiger partial charge in [-0.05, 0) is 6.92 Å². The predicted molar refractivity (Wildman–Crippen MR) is 55.4 cm³/mol. The molecule has 1 atom stereocenters. The molecule has 0 N–H and O–H groups in total. The van der Waals surface area contributed by atoms with Crippen LogP contribution in [0.15, 0.2) is 0 Å². The van der Waals surface area contributed by atoms with Crippen LogP contribution < -0.4 is 4.90 Å². The molecule has 2 heterocycles.